The molecule has 208 valence electrons. The Morgan fingerprint density at radius 2 is 0.886 bits per heavy atom. The van der Waals surface area contributed by atoms with Crippen molar-refractivity contribution in [2.75, 3.05) is 0 Å². The van der Waals surface area contributed by atoms with E-state index in [4.69, 9.17) is 0 Å². The Morgan fingerprint density at radius 3 is 1.48 bits per heavy atom. The average Bonchev–Trinajstić information content (AvgIpc) is 3.61. The molecule has 1 aliphatic carbocycles. The van der Waals surface area contributed by atoms with Crippen LogP contribution in [0.3, 0.4) is 0 Å². The third kappa shape index (κ3) is 3.88. The highest BCUT2D eigenvalue weighted by atomic mass is 15.0. The highest BCUT2D eigenvalue weighted by molar-refractivity contribution is 6.12. The fraction of sp³-hybridized carbons (Fsp3) is 0.0476. The van der Waals surface area contributed by atoms with Crippen LogP contribution >= 0.6 is 0 Å². The van der Waals surface area contributed by atoms with E-state index < -0.39 is 0 Å². The fourth-order valence-electron chi connectivity index (χ4n) is 7.14. The van der Waals surface area contributed by atoms with Gasteiger partial charge in [0.1, 0.15) is 0 Å². The Morgan fingerprint density at radius 1 is 0.409 bits per heavy atom. The molecule has 0 saturated heterocycles. The molecule has 1 aliphatic rings. The first kappa shape index (κ1) is 24.9. The smallest absolute Gasteiger partial charge is 0.0541 e. The summed E-state index contributed by atoms with van der Waals surface area (Å²) in [6.45, 7) is 0. The number of hydrogen-bond acceptors (Lipinski definition) is 0. The van der Waals surface area contributed by atoms with Gasteiger partial charge in [0.25, 0.3) is 0 Å². The third-order valence-corrected chi connectivity index (χ3v) is 9.18. The van der Waals surface area contributed by atoms with E-state index in [9.17, 15) is 0 Å². The fourth-order valence-corrected chi connectivity index (χ4v) is 7.14. The molecule has 2 heterocycles. The minimum atomic E-state index is 1.05. The maximum Gasteiger partial charge on any atom is 0.0541 e. The van der Waals surface area contributed by atoms with Crippen LogP contribution in [0.15, 0.2) is 152 Å². The van der Waals surface area contributed by atoms with Crippen LogP contribution in [-0.4, -0.2) is 9.13 Å². The summed E-state index contributed by atoms with van der Waals surface area (Å²) < 4.78 is 4.85. The molecule has 2 heteroatoms. The largest absolute Gasteiger partial charge is 0.313 e. The predicted octanol–water partition coefficient (Wildman–Crippen LogP) is 11.0. The van der Waals surface area contributed by atoms with Gasteiger partial charge in [-0.2, -0.15) is 0 Å². The SMILES string of the molecule is C1=Cc2c(n(-c3ccccc3)c3ccc(-c4ccc5c(c4)c4cc(-c6ccccc6)ccc4n5-c4ccccc4)cc23)CC1. The van der Waals surface area contributed by atoms with Crippen molar-refractivity contribution in [1.82, 2.24) is 9.13 Å². The number of allylic oxidation sites excluding steroid dienone is 1. The Hall–Kier alpha value is -5.60. The lowest BCUT2D eigenvalue weighted by atomic mass is 9.97. The first-order chi connectivity index (χ1) is 21.8. The normalized spacial score (nSPS) is 12.7. The second-order valence-electron chi connectivity index (χ2n) is 11.7. The minimum absolute atomic E-state index is 1.05. The predicted molar refractivity (Wildman–Crippen MR) is 186 cm³/mol. The minimum Gasteiger partial charge on any atom is -0.313 e. The van der Waals surface area contributed by atoms with E-state index in [-0.39, 0.29) is 0 Å². The van der Waals surface area contributed by atoms with E-state index in [1.54, 1.807) is 0 Å². The Bertz CT molecular complexity index is 2350. The van der Waals surface area contributed by atoms with Crippen molar-refractivity contribution in [3.8, 4) is 33.6 Å². The first-order valence-electron chi connectivity index (χ1n) is 15.4. The lowest BCUT2D eigenvalue weighted by Crippen LogP contribution is -2.02. The van der Waals surface area contributed by atoms with Gasteiger partial charge in [-0.05, 0) is 95.8 Å². The van der Waals surface area contributed by atoms with Crippen LogP contribution in [0.5, 0.6) is 0 Å². The molecule has 0 fully saturated rings. The molecule has 0 atom stereocenters. The van der Waals surface area contributed by atoms with E-state index in [2.05, 4.69) is 167 Å². The number of rotatable bonds is 4. The lowest BCUT2D eigenvalue weighted by Gasteiger charge is -2.13. The van der Waals surface area contributed by atoms with Crippen LogP contribution in [0.25, 0.3) is 72.4 Å². The molecular formula is C42H30N2. The molecule has 0 amide bonds. The van der Waals surface area contributed by atoms with Crippen LogP contribution in [0.1, 0.15) is 17.7 Å². The van der Waals surface area contributed by atoms with Gasteiger partial charge in [0.05, 0.1) is 16.6 Å². The standard InChI is InChI=1S/C42H30N2/c1-4-12-29(13-5-1)30-20-23-41-37(26-30)38-28-32(22-25-42(38)44(41)34-16-8-3-9-17-34)31-21-24-40-36(27-31)35-18-10-11-19-39(35)43(40)33-14-6-2-7-15-33/h1-10,12-18,20-28H,11,19H2. The zero-order valence-electron chi connectivity index (χ0n) is 24.3. The molecule has 0 saturated carbocycles. The second kappa shape index (κ2) is 10.00. The zero-order valence-corrected chi connectivity index (χ0v) is 24.3. The maximum atomic E-state index is 2.46. The molecule has 8 aromatic rings. The van der Waals surface area contributed by atoms with E-state index in [0.717, 1.165) is 12.8 Å². The molecule has 0 radical (unpaired) electrons. The summed E-state index contributed by atoms with van der Waals surface area (Å²) in [6, 6.07) is 53.0. The van der Waals surface area contributed by atoms with Gasteiger partial charge in [-0.25, -0.2) is 0 Å². The Labute approximate surface area is 256 Å². The second-order valence-corrected chi connectivity index (χ2v) is 11.7. The van der Waals surface area contributed by atoms with Crippen molar-refractivity contribution in [3.05, 3.63) is 163 Å². The van der Waals surface area contributed by atoms with Gasteiger partial charge in [0.15, 0.2) is 0 Å². The van der Waals surface area contributed by atoms with Crippen LogP contribution in [-0.2, 0) is 6.42 Å². The molecule has 0 unspecified atom stereocenters. The Balaban J connectivity index is 1.27. The topological polar surface area (TPSA) is 9.86 Å². The third-order valence-electron chi connectivity index (χ3n) is 9.18. The molecule has 2 aromatic heterocycles. The first-order valence-corrected chi connectivity index (χ1v) is 15.4. The van der Waals surface area contributed by atoms with Gasteiger partial charge >= 0.3 is 0 Å². The van der Waals surface area contributed by atoms with E-state index in [1.807, 2.05) is 0 Å². The van der Waals surface area contributed by atoms with Crippen molar-refractivity contribution in [2.24, 2.45) is 0 Å². The molecule has 9 rings (SSSR count). The number of fused-ring (bicyclic) bond motifs is 6. The summed E-state index contributed by atoms with van der Waals surface area (Å²) in [6.07, 6.45) is 6.78. The van der Waals surface area contributed by atoms with Crippen molar-refractivity contribution >= 4 is 38.8 Å². The maximum absolute atomic E-state index is 2.46. The highest BCUT2D eigenvalue weighted by Crippen LogP contribution is 2.39. The van der Waals surface area contributed by atoms with Gasteiger partial charge < -0.3 is 9.13 Å². The molecular weight excluding hydrogens is 532 g/mol. The number of para-hydroxylation sites is 2. The summed E-state index contributed by atoms with van der Waals surface area (Å²) in [5.74, 6) is 0. The van der Waals surface area contributed by atoms with Crippen LogP contribution in [0.4, 0.5) is 0 Å². The zero-order chi connectivity index (χ0) is 29.0. The summed E-state index contributed by atoms with van der Waals surface area (Å²) in [7, 11) is 0. The molecule has 0 aliphatic heterocycles. The van der Waals surface area contributed by atoms with Crippen LogP contribution in [0.2, 0.25) is 0 Å². The summed E-state index contributed by atoms with van der Waals surface area (Å²) >= 11 is 0. The summed E-state index contributed by atoms with van der Waals surface area (Å²) in [4.78, 5) is 0. The molecule has 0 N–H and O–H groups in total. The van der Waals surface area contributed by atoms with Gasteiger partial charge in [-0.3, -0.25) is 0 Å². The van der Waals surface area contributed by atoms with Crippen LogP contribution in [0, 0.1) is 0 Å². The average molecular weight is 563 g/mol. The van der Waals surface area contributed by atoms with Crippen molar-refractivity contribution in [1.29, 1.82) is 0 Å². The summed E-state index contributed by atoms with van der Waals surface area (Å²) in [5, 5.41) is 3.85. The molecule has 0 bridgehead atoms. The monoisotopic (exact) mass is 562 g/mol. The van der Waals surface area contributed by atoms with E-state index >= 15 is 0 Å². The van der Waals surface area contributed by atoms with Gasteiger partial charge in [0.2, 0.25) is 0 Å². The van der Waals surface area contributed by atoms with Crippen molar-refractivity contribution < 1.29 is 0 Å². The number of aromatic nitrogens is 2. The van der Waals surface area contributed by atoms with Crippen molar-refractivity contribution in [3.63, 3.8) is 0 Å². The van der Waals surface area contributed by atoms with E-state index in [1.165, 1.54) is 77.6 Å². The number of nitrogens with zero attached hydrogens (tertiary/aromatic N) is 2. The highest BCUT2D eigenvalue weighted by Gasteiger charge is 2.20. The number of hydrogen-bond donors (Lipinski definition) is 0. The Kier molecular flexibility index (Phi) is 5.67. The van der Waals surface area contributed by atoms with Gasteiger partial charge in [-0.15, -0.1) is 0 Å². The molecule has 6 aromatic carbocycles. The molecule has 2 nitrogen and oxygen atoms in total. The number of benzene rings is 6. The lowest BCUT2D eigenvalue weighted by molar-refractivity contribution is 0.888. The van der Waals surface area contributed by atoms with Gasteiger partial charge in [0, 0.05) is 38.8 Å². The summed E-state index contributed by atoms with van der Waals surface area (Å²) in [5.41, 5.74) is 13.8. The van der Waals surface area contributed by atoms with Crippen LogP contribution < -0.4 is 0 Å². The van der Waals surface area contributed by atoms with Crippen molar-refractivity contribution in [2.45, 2.75) is 12.8 Å². The molecule has 0 spiro atoms. The van der Waals surface area contributed by atoms with E-state index in [0.29, 0.717) is 0 Å². The molecule has 44 heavy (non-hydrogen) atoms. The quantitative estimate of drug-likeness (QED) is 0.202. The van der Waals surface area contributed by atoms with Gasteiger partial charge in [-0.1, -0.05) is 97.1 Å².